The molecule has 1 heterocycles. The van der Waals surface area contributed by atoms with Crippen LogP contribution in [0.1, 0.15) is 32.0 Å². The van der Waals surface area contributed by atoms with E-state index < -0.39 is 0 Å². The van der Waals surface area contributed by atoms with Crippen LogP contribution in [0.3, 0.4) is 0 Å². The summed E-state index contributed by atoms with van der Waals surface area (Å²) in [5, 5.41) is 3.42. The molecule has 1 N–H and O–H groups in total. The highest BCUT2D eigenvalue weighted by Gasteiger charge is 2.07. The first-order valence-electron chi connectivity index (χ1n) is 7.24. The highest BCUT2D eigenvalue weighted by molar-refractivity contribution is 9.10. The van der Waals surface area contributed by atoms with E-state index in [-0.39, 0.29) is 0 Å². The van der Waals surface area contributed by atoms with E-state index in [1.165, 1.54) is 5.56 Å². The Morgan fingerprint density at radius 2 is 2.00 bits per heavy atom. The minimum Gasteiger partial charge on any atom is -0.438 e. The molecule has 4 heteroatoms. The van der Waals surface area contributed by atoms with Crippen LogP contribution in [0.2, 0.25) is 0 Å². The van der Waals surface area contributed by atoms with E-state index in [1.807, 2.05) is 30.3 Å². The quantitative estimate of drug-likeness (QED) is 0.821. The van der Waals surface area contributed by atoms with Crippen molar-refractivity contribution in [3.05, 3.63) is 52.1 Å². The van der Waals surface area contributed by atoms with Crippen molar-refractivity contribution < 1.29 is 4.74 Å². The summed E-state index contributed by atoms with van der Waals surface area (Å²) < 4.78 is 6.84. The van der Waals surface area contributed by atoms with E-state index in [4.69, 9.17) is 4.74 Å². The molecule has 0 saturated carbocycles. The average Bonchev–Trinajstić information content (AvgIpc) is 2.47. The molecular weight excluding hydrogens is 328 g/mol. The monoisotopic (exact) mass is 348 g/mol. The van der Waals surface area contributed by atoms with Crippen molar-refractivity contribution in [2.24, 2.45) is 0 Å². The van der Waals surface area contributed by atoms with Crippen molar-refractivity contribution in [2.75, 3.05) is 0 Å². The van der Waals surface area contributed by atoms with Gasteiger partial charge in [0.1, 0.15) is 5.75 Å². The Kier molecular flexibility index (Phi) is 5.76. The molecule has 1 aromatic carbocycles. The largest absolute Gasteiger partial charge is 0.438 e. The number of halogens is 1. The molecule has 0 spiro atoms. The lowest BCUT2D eigenvalue weighted by molar-refractivity contribution is 0.456. The zero-order chi connectivity index (χ0) is 15.2. The number of hydrogen-bond donors (Lipinski definition) is 1. The molecule has 0 saturated heterocycles. The molecule has 0 aliphatic carbocycles. The molecule has 1 aromatic heterocycles. The maximum absolute atomic E-state index is 5.91. The van der Waals surface area contributed by atoms with Gasteiger partial charge in [-0.25, -0.2) is 4.98 Å². The second-order valence-corrected chi connectivity index (χ2v) is 6.08. The molecule has 3 nitrogen and oxygen atoms in total. The lowest BCUT2D eigenvalue weighted by Gasteiger charge is -2.12. The van der Waals surface area contributed by atoms with Gasteiger partial charge < -0.3 is 10.1 Å². The fourth-order valence-electron chi connectivity index (χ4n) is 1.92. The Balaban J connectivity index is 2.22. The van der Waals surface area contributed by atoms with Crippen molar-refractivity contribution in [3.8, 4) is 11.6 Å². The number of nitrogens with zero attached hydrogens (tertiary/aromatic N) is 1. The minimum atomic E-state index is 0.455. The zero-order valence-corrected chi connectivity index (χ0v) is 14.3. The van der Waals surface area contributed by atoms with Crippen molar-refractivity contribution in [1.82, 2.24) is 10.3 Å². The smallest absolute Gasteiger partial charge is 0.219 e. The molecule has 0 fully saturated rings. The summed E-state index contributed by atoms with van der Waals surface area (Å²) >= 11 is 3.49. The molecule has 0 atom stereocenters. The van der Waals surface area contributed by atoms with Crippen LogP contribution in [-0.4, -0.2) is 11.0 Å². The number of hydrogen-bond acceptors (Lipinski definition) is 3. The molecule has 0 radical (unpaired) electrons. The summed E-state index contributed by atoms with van der Waals surface area (Å²) in [5.41, 5.74) is 2.23. The van der Waals surface area contributed by atoms with Gasteiger partial charge in [-0.3, -0.25) is 0 Å². The molecule has 2 aromatic rings. The van der Waals surface area contributed by atoms with Gasteiger partial charge in [0.05, 0.1) is 4.47 Å². The third-order valence-corrected chi connectivity index (χ3v) is 3.70. The number of para-hydroxylation sites is 1. The van der Waals surface area contributed by atoms with E-state index in [1.54, 1.807) is 0 Å². The highest BCUT2D eigenvalue weighted by Crippen LogP contribution is 2.28. The second-order valence-electron chi connectivity index (χ2n) is 5.23. The fraction of sp³-hybridized carbons (Fsp3) is 0.353. The van der Waals surface area contributed by atoms with Gasteiger partial charge in [-0.15, -0.1) is 0 Å². The van der Waals surface area contributed by atoms with Crippen molar-refractivity contribution in [1.29, 1.82) is 0 Å². The van der Waals surface area contributed by atoms with Crippen LogP contribution in [0.5, 0.6) is 11.6 Å². The normalized spacial score (nSPS) is 10.9. The predicted octanol–water partition coefficient (Wildman–Crippen LogP) is 4.70. The average molecular weight is 349 g/mol. The van der Waals surface area contributed by atoms with E-state index in [9.17, 15) is 0 Å². The third kappa shape index (κ3) is 4.83. The number of ether oxygens (including phenoxy) is 1. The first kappa shape index (κ1) is 16.0. The summed E-state index contributed by atoms with van der Waals surface area (Å²) in [6.45, 7) is 7.20. The van der Waals surface area contributed by atoms with Crippen LogP contribution >= 0.6 is 15.9 Å². The SMILES string of the molecule is CCc1cc(CNC(C)C)cc(Oc2ccccc2Br)n1. The fourth-order valence-corrected chi connectivity index (χ4v) is 2.28. The van der Waals surface area contributed by atoms with E-state index in [2.05, 4.69) is 53.1 Å². The maximum atomic E-state index is 5.91. The number of aryl methyl sites for hydroxylation is 1. The van der Waals surface area contributed by atoms with Crippen LogP contribution in [0.15, 0.2) is 40.9 Å². The number of aromatic nitrogens is 1. The van der Waals surface area contributed by atoms with E-state index >= 15 is 0 Å². The summed E-state index contributed by atoms with van der Waals surface area (Å²) in [7, 11) is 0. The number of rotatable bonds is 6. The second kappa shape index (κ2) is 7.57. The number of nitrogens with one attached hydrogen (secondary N) is 1. The van der Waals surface area contributed by atoms with Gasteiger partial charge in [0.15, 0.2) is 0 Å². The van der Waals surface area contributed by atoms with Gasteiger partial charge in [0.2, 0.25) is 5.88 Å². The standard InChI is InChI=1S/C17H21BrN2O/c1-4-14-9-13(11-19-12(2)3)10-17(20-14)21-16-8-6-5-7-15(16)18/h5-10,12,19H,4,11H2,1-3H3. The highest BCUT2D eigenvalue weighted by atomic mass is 79.9. The first-order valence-corrected chi connectivity index (χ1v) is 8.03. The summed E-state index contributed by atoms with van der Waals surface area (Å²) in [4.78, 5) is 4.54. The summed E-state index contributed by atoms with van der Waals surface area (Å²) in [5.74, 6) is 1.42. The zero-order valence-electron chi connectivity index (χ0n) is 12.7. The van der Waals surface area contributed by atoms with Gasteiger partial charge in [0, 0.05) is 24.3 Å². The van der Waals surface area contributed by atoms with Crippen LogP contribution < -0.4 is 10.1 Å². The van der Waals surface area contributed by atoms with Crippen molar-refractivity contribution >= 4 is 15.9 Å². The van der Waals surface area contributed by atoms with Gasteiger partial charge in [0.25, 0.3) is 0 Å². The van der Waals surface area contributed by atoms with Gasteiger partial charge in [-0.2, -0.15) is 0 Å². The molecule has 0 amide bonds. The lowest BCUT2D eigenvalue weighted by Crippen LogP contribution is -2.22. The Labute approximate surface area is 134 Å². The van der Waals surface area contributed by atoms with Crippen molar-refractivity contribution in [3.63, 3.8) is 0 Å². The molecule has 0 unspecified atom stereocenters. The van der Waals surface area contributed by atoms with Crippen LogP contribution in [-0.2, 0) is 13.0 Å². The molecule has 21 heavy (non-hydrogen) atoms. The molecule has 0 aliphatic rings. The van der Waals surface area contributed by atoms with E-state index in [0.29, 0.717) is 11.9 Å². The van der Waals surface area contributed by atoms with Crippen molar-refractivity contribution in [2.45, 2.75) is 39.8 Å². The summed E-state index contributed by atoms with van der Waals surface area (Å²) in [6, 6.07) is 12.4. The van der Waals surface area contributed by atoms with Gasteiger partial charge >= 0.3 is 0 Å². The lowest BCUT2D eigenvalue weighted by atomic mass is 10.2. The van der Waals surface area contributed by atoms with Gasteiger partial charge in [-0.05, 0) is 46.1 Å². The molecular formula is C17H21BrN2O. The molecule has 0 aliphatic heterocycles. The molecule has 112 valence electrons. The Morgan fingerprint density at radius 1 is 1.24 bits per heavy atom. The molecule has 0 bridgehead atoms. The topological polar surface area (TPSA) is 34.1 Å². The third-order valence-electron chi connectivity index (χ3n) is 3.04. The van der Waals surface area contributed by atoms with Crippen LogP contribution in [0, 0.1) is 0 Å². The molecule has 2 rings (SSSR count). The van der Waals surface area contributed by atoms with Crippen LogP contribution in [0.25, 0.3) is 0 Å². The van der Waals surface area contributed by atoms with E-state index in [0.717, 1.165) is 28.9 Å². The number of pyridine rings is 1. The minimum absolute atomic E-state index is 0.455. The Hall–Kier alpha value is -1.39. The summed E-state index contributed by atoms with van der Waals surface area (Å²) in [6.07, 6.45) is 0.891. The Bertz CT molecular complexity index is 599. The first-order chi connectivity index (χ1) is 10.1. The maximum Gasteiger partial charge on any atom is 0.219 e. The van der Waals surface area contributed by atoms with Crippen LogP contribution in [0.4, 0.5) is 0 Å². The Morgan fingerprint density at radius 3 is 2.67 bits per heavy atom. The van der Waals surface area contributed by atoms with Gasteiger partial charge in [-0.1, -0.05) is 32.9 Å². The number of benzene rings is 1. The predicted molar refractivity (Wildman–Crippen MR) is 89.8 cm³/mol.